The van der Waals surface area contributed by atoms with E-state index < -0.39 is 24.0 Å². The Morgan fingerprint density at radius 3 is 2.18 bits per heavy atom. The molecular formula is C27H25N3O4. The molecular weight excluding hydrogens is 430 g/mol. The summed E-state index contributed by atoms with van der Waals surface area (Å²) < 4.78 is 1.61. The topological polar surface area (TPSA) is 104 Å². The van der Waals surface area contributed by atoms with Crippen LogP contribution in [-0.4, -0.2) is 38.2 Å². The molecule has 0 fully saturated rings. The Morgan fingerprint density at radius 2 is 1.53 bits per heavy atom. The van der Waals surface area contributed by atoms with Gasteiger partial charge in [-0.1, -0.05) is 54.6 Å². The van der Waals surface area contributed by atoms with Crippen LogP contribution in [0.1, 0.15) is 24.1 Å². The maximum atomic E-state index is 13.1. The van der Waals surface area contributed by atoms with Crippen LogP contribution in [-0.2, 0) is 9.59 Å². The molecule has 0 bridgehead atoms. The fourth-order valence-corrected chi connectivity index (χ4v) is 3.97. The van der Waals surface area contributed by atoms with Crippen LogP contribution in [0.5, 0.6) is 0 Å². The Kier molecular flexibility index (Phi) is 7.15. The highest BCUT2D eigenvalue weighted by Crippen LogP contribution is 2.32. The highest BCUT2D eigenvalue weighted by molar-refractivity contribution is 5.86. The lowest BCUT2D eigenvalue weighted by Gasteiger charge is -2.22. The number of hydrogen-bond donors (Lipinski definition) is 3. The highest BCUT2D eigenvalue weighted by atomic mass is 16.4. The van der Waals surface area contributed by atoms with Gasteiger partial charge in [0.05, 0.1) is 19.1 Å². The number of rotatable bonds is 9. The molecule has 0 radical (unpaired) electrons. The lowest BCUT2D eigenvalue weighted by atomic mass is 9.97. The van der Waals surface area contributed by atoms with E-state index in [0.717, 1.165) is 27.8 Å². The molecule has 2 atom stereocenters. The van der Waals surface area contributed by atoms with Crippen LogP contribution in [0.25, 0.3) is 22.3 Å². The average molecular weight is 456 g/mol. The van der Waals surface area contributed by atoms with Gasteiger partial charge in [0, 0.05) is 24.8 Å². The molecule has 34 heavy (non-hydrogen) atoms. The van der Waals surface area contributed by atoms with E-state index in [9.17, 15) is 19.8 Å². The molecule has 2 aromatic heterocycles. The van der Waals surface area contributed by atoms with E-state index in [1.807, 2.05) is 60.7 Å². The van der Waals surface area contributed by atoms with E-state index in [0.29, 0.717) is 0 Å². The Balaban J connectivity index is 1.63. The van der Waals surface area contributed by atoms with Crippen molar-refractivity contribution in [2.24, 2.45) is 0 Å². The van der Waals surface area contributed by atoms with Gasteiger partial charge in [-0.05, 0) is 46.0 Å². The Hall–Kier alpha value is -4.23. The zero-order valence-corrected chi connectivity index (χ0v) is 18.4. The van der Waals surface area contributed by atoms with E-state index in [2.05, 4.69) is 10.3 Å². The number of benzene rings is 2. The molecule has 0 spiro atoms. The summed E-state index contributed by atoms with van der Waals surface area (Å²) in [7, 11) is 0. The maximum Gasteiger partial charge on any atom is 0.306 e. The number of aliphatic hydroxyl groups excluding tert-OH is 1. The van der Waals surface area contributed by atoms with E-state index >= 15 is 0 Å². The molecule has 0 aliphatic rings. The number of carbonyl (C=O) groups is 2. The van der Waals surface area contributed by atoms with Crippen LogP contribution < -0.4 is 5.32 Å². The van der Waals surface area contributed by atoms with Crippen molar-refractivity contribution in [2.45, 2.75) is 18.5 Å². The van der Waals surface area contributed by atoms with Crippen molar-refractivity contribution >= 4 is 11.9 Å². The second kappa shape index (κ2) is 10.6. The van der Waals surface area contributed by atoms with Gasteiger partial charge in [-0.25, -0.2) is 0 Å². The molecule has 7 heteroatoms. The molecule has 2 aromatic carbocycles. The maximum absolute atomic E-state index is 13.1. The summed E-state index contributed by atoms with van der Waals surface area (Å²) in [6.07, 6.45) is 6.56. The summed E-state index contributed by atoms with van der Waals surface area (Å²) in [6.45, 7) is -0.300. The summed E-state index contributed by atoms with van der Waals surface area (Å²) >= 11 is 0. The lowest BCUT2D eigenvalue weighted by molar-refractivity contribution is -0.140. The average Bonchev–Trinajstić information content (AvgIpc) is 3.36. The van der Waals surface area contributed by atoms with E-state index in [1.54, 1.807) is 41.5 Å². The molecule has 172 valence electrons. The molecule has 2 heterocycles. The Labute approximate surface area is 197 Å². The number of hydrogen-bond acceptors (Lipinski definition) is 4. The lowest BCUT2D eigenvalue weighted by Crippen LogP contribution is -2.37. The normalized spacial score (nSPS) is 12.6. The van der Waals surface area contributed by atoms with Gasteiger partial charge in [0.2, 0.25) is 5.91 Å². The molecule has 0 saturated carbocycles. The van der Waals surface area contributed by atoms with Gasteiger partial charge in [-0.2, -0.15) is 0 Å². The number of aliphatic carboxylic acids is 1. The minimum absolute atomic E-state index is 0.300. The monoisotopic (exact) mass is 455 g/mol. The van der Waals surface area contributed by atoms with Gasteiger partial charge in [0.25, 0.3) is 0 Å². The highest BCUT2D eigenvalue weighted by Gasteiger charge is 2.26. The number of nitrogens with one attached hydrogen (secondary N) is 1. The van der Waals surface area contributed by atoms with Crippen LogP contribution in [0.4, 0.5) is 0 Å². The second-order valence-electron chi connectivity index (χ2n) is 7.90. The number of carboxylic acid groups (broad SMARTS) is 1. The van der Waals surface area contributed by atoms with Crippen molar-refractivity contribution in [3.8, 4) is 22.3 Å². The van der Waals surface area contributed by atoms with Crippen molar-refractivity contribution in [1.29, 1.82) is 0 Å². The number of nitrogens with zero attached hydrogens (tertiary/aromatic N) is 2. The van der Waals surface area contributed by atoms with Gasteiger partial charge < -0.3 is 20.1 Å². The summed E-state index contributed by atoms with van der Waals surface area (Å²) in [5.74, 6) is -1.57. The van der Waals surface area contributed by atoms with Gasteiger partial charge in [0.1, 0.15) is 6.04 Å². The molecule has 4 aromatic rings. The summed E-state index contributed by atoms with van der Waals surface area (Å²) in [6, 6.07) is 21.1. The van der Waals surface area contributed by atoms with Crippen LogP contribution in [0.2, 0.25) is 0 Å². The van der Waals surface area contributed by atoms with Crippen molar-refractivity contribution < 1.29 is 19.8 Å². The standard InChI is InChI=1S/C27H25N3O4/c31-18-24(20-6-2-1-3-7-20)29-27(34)25(16-26(32)33)30-15-12-21(17-30)23-9-5-4-8-22(23)19-10-13-28-14-11-19/h1-15,17,24-25,31H,16,18H2,(H,29,34)(H,32,33)/t24-,25-/m1/s1. The molecule has 3 N–H and O–H groups in total. The van der Waals surface area contributed by atoms with Crippen molar-refractivity contribution in [2.75, 3.05) is 6.61 Å². The van der Waals surface area contributed by atoms with Crippen LogP contribution in [0, 0.1) is 0 Å². The molecule has 0 aliphatic heterocycles. The third-order valence-electron chi connectivity index (χ3n) is 5.68. The Morgan fingerprint density at radius 1 is 0.882 bits per heavy atom. The first-order chi connectivity index (χ1) is 16.6. The third kappa shape index (κ3) is 5.22. The zero-order chi connectivity index (χ0) is 23.9. The molecule has 0 unspecified atom stereocenters. The number of carboxylic acids is 1. The summed E-state index contributed by atoms with van der Waals surface area (Å²) in [5.41, 5.74) is 4.57. The van der Waals surface area contributed by atoms with Gasteiger partial charge >= 0.3 is 5.97 Å². The first-order valence-electron chi connectivity index (χ1n) is 10.9. The smallest absolute Gasteiger partial charge is 0.306 e. The minimum atomic E-state index is -1.09. The minimum Gasteiger partial charge on any atom is -0.481 e. The fourth-order valence-electron chi connectivity index (χ4n) is 3.97. The number of pyridine rings is 1. The zero-order valence-electron chi connectivity index (χ0n) is 18.4. The predicted octanol–water partition coefficient (Wildman–Crippen LogP) is 4.08. The van der Waals surface area contributed by atoms with E-state index in [4.69, 9.17) is 0 Å². The van der Waals surface area contributed by atoms with Gasteiger partial charge in [-0.3, -0.25) is 14.6 Å². The fraction of sp³-hybridized carbons (Fsp3) is 0.148. The molecule has 1 amide bonds. The van der Waals surface area contributed by atoms with Crippen molar-refractivity contribution in [3.05, 3.63) is 103 Å². The first kappa shape index (κ1) is 22.9. The number of carbonyl (C=O) groups excluding carboxylic acids is 1. The third-order valence-corrected chi connectivity index (χ3v) is 5.68. The summed E-state index contributed by atoms with van der Waals surface area (Å²) in [4.78, 5) is 28.8. The molecule has 7 nitrogen and oxygen atoms in total. The molecule has 4 rings (SSSR count). The number of amides is 1. The second-order valence-corrected chi connectivity index (χ2v) is 7.90. The first-order valence-corrected chi connectivity index (χ1v) is 10.9. The van der Waals surface area contributed by atoms with E-state index in [1.165, 1.54) is 0 Å². The molecule has 0 aliphatic carbocycles. The largest absolute Gasteiger partial charge is 0.481 e. The SMILES string of the molecule is O=C(O)C[C@H](C(=O)N[C@H](CO)c1ccccc1)n1ccc(-c2ccccc2-c2ccncc2)c1. The van der Waals surface area contributed by atoms with Gasteiger partial charge in [0.15, 0.2) is 0 Å². The number of aromatic nitrogens is 2. The van der Waals surface area contributed by atoms with Crippen molar-refractivity contribution in [1.82, 2.24) is 14.9 Å². The van der Waals surface area contributed by atoms with Crippen molar-refractivity contribution in [3.63, 3.8) is 0 Å². The quantitative estimate of drug-likeness (QED) is 0.353. The van der Waals surface area contributed by atoms with Gasteiger partial charge in [-0.15, -0.1) is 0 Å². The van der Waals surface area contributed by atoms with Crippen LogP contribution in [0.15, 0.2) is 97.6 Å². The number of aliphatic hydroxyl groups is 1. The van der Waals surface area contributed by atoms with E-state index in [-0.39, 0.29) is 13.0 Å². The van der Waals surface area contributed by atoms with Crippen LogP contribution in [0.3, 0.4) is 0 Å². The predicted molar refractivity (Wildman–Crippen MR) is 129 cm³/mol. The molecule has 0 saturated heterocycles. The van der Waals surface area contributed by atoms with Crippen LogP contribution >= 0.6 is 0 Å². The summed E-state index contributed by atoms with van der Waals surface area (Å²) in [5, 5.41) is 22.1. The Bertz CT molecular complexity index is 1260.